The first-order valence-electron chi connectivity index (χ1n) is 13.9. The number of ether oxygens (including phenoxy) is 2. The number of nitrogens with one attached hydrogen (secondary N) is 1. The standard InChI is InChI=1S/C32H36N4O4S2/c1-19(2)16-33-26(37)17-35-27(38)18-42-31(25-14-9-15-41-25)29-30(28-23(39-5)12-8-13-24(28)40-6)34-36(32(29)35)22-11-7-10-20(3)21(22)4/h7-15,19,31H,16-18H2,1-6H3,(H,33,37)/t31-/m0/s1. The Morgan fingerprint density at radius 2 is 1.79 bits per heavy atom. The molecule has 2 aromatic heterocycles. The van der Waals surface area contributed by atoms with Gasteiger partial charge in [-0.15, -0.1) is 23.1 Å². The van der Waals surface area contributed by atoms with Crippen LogP contribution in [0.4, 0.5) is 5.82 Å². The normalized spacial score (nSPS) is 15.0. The number of benzene rings is 2. The Morgan fingerprint density at radius 1 is 1.07 bits per heavy atom. The van der Waals surface area contributed by atoms with Crippen molar-refractivity contribution in [3.05, 3.63) is 75.5 Å². The molecule has 0 saturated carbocycles. The molecule has 0 unspecified atom stereocenters. The quantitative estimate of drug-likeness (QED) is 0.246. The smallest absolute Gasteiger partial charge is 0.240 e. The van der Waals surface area contributed by atoms with E-state index in [0.29, 0.717) is 35.1 Å². The van der Waals surface area contributed by atoms with Gasteiger partial charge in [0.15, 0.2) is 0 Å². The van der Waals surface area contributed by atoms with Crippen LogP contribution in [0.25, 0.3) is 16.9 Å². The third kappa shape index (κ3) is 5.65. The van der Waals surface area contributed by atoms with Gasteiger partial charge >= 0.3 is 0 Å². The minimum atomic E-state index is -0.215. The SMILES string of the molecule is COc1cccc(OC)c1-c1nn(-c2cccc(C)c2C)c2c1[C@H](c1cccs1)SCC(=O)N2CC(=O)NCC(C)C. The molecule has 8 nitrogen and oxygen atoms in total. The number of carbonyl (C=O) groups excluding carboxylic acids is 2. The van der Waals surface area contributed by atoms with Crippen molar-refractivity contribution in [1.29, 1.82) is 0 Å². The molecule has 0 fully saturated rings. The summed E-state index contributed by atoms with van der Waals surface area (Å²) in [5.74, 6) is 1.93. The predicted molar refractivity (Wildman–Crippen MR) is 170 cm³/mol. The lowest BCUT2D eigenvalue weighted by molar-refractivity contribution is -0.123. The largest absolute Gasteiger partial charge is 0.496 e. The second-order valence-corrected chi connectivity index (χ2v) is 12.7. The van der Waals surface area contributed by atoms with E-state index < -0.39 is 0 Å². The summed E-state index contributed by atoms with van der Waals surface area (Å²) in [4.78, 5) is 29.9. The minimum Gasteiger partial charge on any atom is -0.496 e. The number of hydrogen-bond acceptors (Lipinski definition) is 7. The van der Waals surface area contributed by atoms with Gasteiger partial charge < -0.3 is 14.8 Å². The second kappa shape index (κ2) is 12.6. The molecule has 1 N–H and O–H groups in total. The topological polar surface area (TPSA) is 85.7 Å². The van der Waals surface area contributed by atoms with Crippen LogP contribution in [0.15, 0.2) is 53.9 Å². The van der Waals surface area contributed by atoms with Crippen molar-refractivity contribution in [2.45, 2.75) is 32.9 Å². The van der Waals surface area contributed by atoms with Gasteiger partial charge in [-0.2, -0.15) is 5.10 Å². The molecule has 0 saturated heterocycles. The fraction of sp³-hybridized carbons (Fsp3) is 0.344. The van der Waals surface area contributed by atoms with Crippen molar-refractivity contribution in [2.75, 3.05) is 38.0 Å². The van der Waals surface area contributed by atoms with E-state index in [2.05, 4.69) is 24.4 Å². The molecule has 1 aliphatic heterocycles. The molecule has 42 heavy (non-hydrogen) atoms. The Kier molecular flexibility index (Phi) is 8.93. The highest BCUT2D eigenvalue weighted by Gasteiger charge is 2.39. The van der Waals surface area contributed by atoms with Gasteiger partial charge in [0.2, 0.25) is 11.8 Å². The number of methoxy groups -OCH3 is 2. The van der Waals surface area contributed by atoms with Crippen LogP contribution >= 0.6 is 23.1 Å². The first-order chi connectivity index (χ1) is 20.2. The molecule has 220 valence electrons. The van der Waals surface area contributed by atoms with Crippen LogP contribution in [-0.4, -0.2) is 54.7 Å². The van der Waals surface area contributed by atoms with Gasteiger partial charge in [-0.1, -0.05) is 38.1 Å². The number of carbonyl (C=O) groups is 2. The minimum absolute atomic E-state index is 0.116. The van der Waals surface area contributed by atoms with E-state index in [0.717, 1.165) is 27.3 Å². The number of fused-ring (bicyclic) bond motifs is 1. The van der Waals surface area contributed by atoms with Crippen molar-refractivity contribution < 1.29 is 19.1 Å². The summed E-state index contributed by atoms with van der Waals surface area (Å²) in [7, 11) is 3.25. The fourth-order valence-corrected chi connectivity index (χ4v) is 7.28. The van der Waals surface area contributed by atoms with E-state index in [1.54, 1.807) is 42.2 Å². The monoisotopic (exact) mass is 604 g/mol. The molecule has 2 amide bonds. The zero-order valence-electron chi connectivity index (χ0n) is 24.8. The van der Waals surface area contributed by atoms with E-state index in [-0.39, 0.29) is 35.3 Å². The van der Waals surface area contributed by atoms with Crippen LogP contribution in [0.1, 0.15) is 40.7 Å². The maximum absolute atomic E-state index is 13.9. The molecule has 2 aromatic carbocycles. The van der Waals surface area contributed by atoms with Crippen LogP contribution in [0, 0.1) is 19.8 Å². The molecule has 4 aromatic rings. The molecular weight excluding hydrogens is 569 g/mol. The van der Waals surface area contributed by atoms with Gasteiger partial charge in [0, 0.05) is 17.0 Å². The number of aryl methyl sites for hydroxylation is 1. The molecule has 1 aliphatic rings. The molecule has 0 bridgehead atoms. The fourth-order valence-electron chi connectivity index (χ4n) is 5.10. The maximum Gasteiger partial charge on any atom is 0.240 e. The van der Waals surface area contributed by atoms with E-state index in [1.807, 2.05) is 67.2 Å². The molecule has 3 heterocycles. The van der Waals surface area contributed by atoms with Gasteiger partial charge in [0.05, 0.1) is 36.5 Å². The van der Waals surface area contributed by atoms with Crippen molar-refractivity contribution in [3.63, 3.8) is 0 Å². The van der Waals surface area contributed by atoms with Crippen LogP contribution < -0.4 is 19.7 Å². The first kappa shape index (κ1) is 29.7. The molecule has 5 rings (SSSR count). The summed E-state index contributed by atoms with van der Waals surface area (Å²) in [6, 6.07) is 15.8. The van der Waals surface area contributed by atoms with Crippen LogP contribution in [-0.2, 0) is 9.59 Å². The zero-order chi connectivity index (χ0) is 30.0. The Hall–Kier alpha value is -3.76. The van der Waals surface area contributed by atoms with Gasteiger partial charge in [0.1, 0.15) is 29.6 Å². The van der Waals surface area contributed by atoms with Gasteiger partial charge in [-0.3, -0.25) is 14.5 Å². The number of amides is 2. The van der Waals surface area contributed by atoms with Crippen LogP contribution in [0.5, 0.6) is 11.5 Å². The van der Waals surface area contributed by atoms with Crippen LogP contribution in [0.3, 0.4) is 0 Å². The average Bonchev–Trinajstić information content (AvgIpc) is 3.62. The van der Waals surface area contributed by atoms with Gasteiger partial charge in [0.25, 0.3) is 0 Å². The Morgan fingerprint density at radius 3 is 2.43 bits per heavy atom. The number of rotatable bonds is 9. The number of hydrogen-bond donors (Lipinski definition) is 1. The molecule has 1 atom stereocenters. The Labute approximate surface area is 255 Å². The summed E-state index contributed by atoms with van der Waals surface area (Å²) in [6.45, 7) is 8.60. The van der Waals surface area contributed by atoms with Crippen molar-refractivity contribution in [2.24, 2.45) is 5.92 Å². The number of thioether (sulfide) groups is 1. The first-order valence-corrected chi connectivity index (χ1v) is 15.8. The van der Waals surface area contributed by atoms with E-state index in [1.165, 1.54) is 0 Å². The highest BCUT2D eigenvalue weighted by atomic mass is 32.2. The third-order valence-corrected chi connectivity index (χ3v) is 9.69. The second-order valence-electron chi connectivity index (χ2n) is 10.6. The number of anilines is 1. The average molecular weight is 605 g/mol. The molecule has 0 radical (unpaired) electrons. The zero-order valence-corrected chi connectivity index (χ0v) is 26.4. The molecule has 10 heteroatoms. The third-order valence-electron chi connectivity index (χ3n) is 7.37. The lowest BCUT2D eigenvalue weighted by atomic mass is 10.0. The van der Waals surface area contributed by atoms with E-state index in [4.69, 9.17) is 14.6 Å². The summed E-state index contributed by atoms with van der Waals surface area (Å²) in [5, 5.41) is 10.1. The Balaban J connectivity index is 1.86. The summed E-state index contributed by atoms with van der Waals surface area (Å²) in [5.41, 5.74) is 5.15. The number of nitrogens with zero attached hydrogens (tertiary/aromatic N) is 3. The van der Waals surface area contributed by atoms with Gasteiger partial charge in [-0.05, 0) is 60.5 Å². The molecular formula is C32H36N4O4S2. The number of thiophene rings is 1. The molecule has 0 aliphatic carbocycles. The summed E-state index contributed by atoms with van der Waals surface area (Å²) >= 11 is 3.18. The lowest BCUT2D eigenvalue weighted by Gasteiger charge is -2.24. The van der Waals surface area contributed by atoms with Crippen molar-refractivity contribution in [1.82, 2.24) is 15.1 Å². The van der Waals surface area contributed by atoms with E-state index >= 15 is 0 Å². The maximum atomic E-state index is 13.9. The summed E-state index contributed by atoms with van der Waals surface area (Å²) < 4.78 is 13.5. The Bertz CT molecular complexity index is 1570. The highest BCUT2D eigenvalue weighted by Crippen LogP contribution is 2.52. The number of aromatic nitrogens is 2. The van der Waals surface area contributed by atoms with Gasteiger partial charge in [-0.25, -0.2) is 4.68 Å². The summed E-state index contributed by atoms with van der Waals surface area (Å²) in [6.07, 6.45) is 0. The predicted octanol–water partition coefficient (Wildman–Crippen LogP) is 6.18. The molecule has 0 spiro atoms. The van der Waals surface area contributed by atoms with E-state index in [9.17, 15) is 9.59 Å². The highest BCUT2D eigenvalue weighted by molar-refractivity contribution is 8.00. The van der Waals surface area contributed by atoms with Crippen LogP contribution in [0.2, 0.25) is 0 Å². The lowest BCUT2D eigenvalue weighted by Crippen LogP contribution is -2.43. The van der Waals surface area contributed by atoms with Crippen molar-refractivity contribution >= 4 is 40.7 Å². The van der Waals surface area contributed by atoms with Crippen molar-refractivity contribution in [3.8, 4) is 28.4 Å².